The highest BCUT2D eigenvalue weighted by molar-refractivity contribution is 7.89. The van der Waals surface area contributed by atoms with Crippen LogP contribution in [0.25, 0.3) is 0 Å². The van der Waals surface area contributed by atoms with Crippen LogP contribution in [0.1, 0.15) is 33.1 Å². The predicted octanol–water partition coefficient (Wildman–Crippen LogP) is -0.427. The second-order valence-corrected chi connectivity index (χ2v) is 6.76. The van der Waals surface area contributed by atoms with E-state index >= 15 is 0 Å². The Balaban J connectivity index is 2.26. The molecule has 1 amide bonds. The average molecular weight is 277 g/mol. The summed E-state index contributed by atoms with van der Waals surface area (Å²) in [5.41, 5.74) is 0. The third kappa shape index (κ3) is 5.79. The molecule has 1 aliphatic rings. The predicted molar refractivity (Wildman–Crippen MR) is 70.7 cm³/mol. The SMILES string of the molecule is CC(C)NS(=O)(=O)CCNC(=O)C1CCCCN1. The summed E-state index contributed by atoms with van der Waals surface area (Å²) in [7, 11) is -3.29. The molecule has 0 saturated carbocycles. The van der Waals surface area contributed by atoms with Crippen molar-refractivity contribution in [1.29, 1.82) is 0 Å². The Kier molecular flexibility index (Phi) is 6.04. The maximum absolute atomic E-state index is 11.7. The van der Waals surface area contributed by atoms with Crippen molar-refractivity contribution in [1.82, 2.24) is 15.4 Å². The van der Waals surface area contributed by atoms with Crippen LogP contribution in [-0.4, -0.2) is 45.3 Å². The lowest BCUT2D eigenvalue weighted by Crippen LogP contribution is -2.48. The topological polar surface area (TPSA) is 87.3 Å². The molecular formula is C11H23N3O3S. The van der Waals surface area contributed by atoms with Gasteiger partial charge in [0, 0.05) is 12.6 Å². The van der Waals surface area contributed by atoms with Crippen LogP contribution in [0.3, 0.4) is 0 Å². The van der Waals surface area contributed by atoms with E-state index < -0.39 is 10.0 Å². The molecule has 6 nitrogen and oxygen atoms in total. The van der Waals surface area contributed by atoms with Gasteiger partial charge in [-0.15, -0.1) is 0 Å². The maximum atomic E-state index is 11.7. The molecule has 106 valence electrons. The number of amides is 1. The quantitative estimate of drug-likeness (QED) is 0.615. The van der Waals surface area contributed by atoms with Crippen molar-refractivity contribution in [3.63, 3.8) is 0 Å². The van der Waals surface area contributed by atoms with Crippen LogP contribution >= 0.6 is 0 Å². The Bertz CT molecular complexity index is 362. The van der Waals surface area contributed by atoms with E-state index in [4.69, 9.17) is 0 Å². The molecule has 1 atom stereocenters. The van der Waals surface area contributed by atoms with E-state index in [1.165, 1.54) is 0 Å². The lowest BCUT2D eigenvalue weighted by Gasteiger charge is -2.22. The van der Waals surface area contributed by atoms with Crippen molar-refractivity contribution in [2.75, 3.05) is 18.8 Å². The van der Waals surface area contributed by atoms with Gasteiger partial charge in [0.1, 0.15) is 0 Å². The fraction of sp³-hybridized carbons (Fsp3) is 0.909. The zero-order chi connectivity index (χ0) is 13.6. The fourth-order valence-electron chi connectivity index (χ4n) is 1.93. The highest BCUT2D eigenvalue weighted by Crippen LogP contribution is 2.06. The van der Waals surface area contributed by atoms with Crippen LogP contribution in [0.4, 0.5) is 0 Å². The van der Waals surface area contributed by atoms with Gasteiger partial charge in [-0.25, -0.2) is 13.1 Å². The van der Waals surface area contributed by atoms with Crippen LogP contribution in [0.5, 0.6) is 0 Å². The van der Waals surface area contributed by atoms with Crippen molar-refractivity contribution in [2.24, 2.45) is 0 Å². The van der Waals surface area contributed by atoms with Gasteiger partial charge in [-0.3, -0.25) is 4.79 Å². The Labute approximate surface area is 109 Å². The molecule has 0 radical (unpaired) electrons. The fourth-order valence-corrected chi connectivity index (χ4v) is 3.13. The summed E-state index contributed by atoms with van der Waals surface area (Å²) in [5, 5.41) is 5.78. The smallest absolute Gasteiger partial charge is 0.237 e. The number of hydrogen-bond donors (Lipinski definition) is 3. The molecule has 0 aromatic heterocycles. The number of carbonyl (C=O) groups is 1. The molecule has 18 heavy (non-hydrogen) atoms. The summed E-state index contributed by atoms with van der Waals surface area (Å²) in [6.07, 6.45) is 2.96. The summed E-state index contributed by atoms with van der Waals surface area (Å²) in [6, 6.07) is -0.287. The van der Waals surface area contributed by atoms with E-state index in [0.717, 1.165) is 25.8 Å². The summed E-state index contributed by atoms with van der Waals surface area (Å²) < 4.78 is 25.5. The summed E-state index contributed by atoms with van der Waals surface area (Å²) in [6.45, 7) is 4.54. The minimum atomic E-state index is -3.29. The van der Waals surface area contributed by atoms with Crippen molar-refractivity contribution in [3.8, 4) is 0 Å². The first-order valence-corrected chi connectivity index (χ1v) is 8.07. The molecule has 1 fully saturated rings. The Morgan fingerprint density at radius 3 is 2.67 bits per heavy atom. The van der Waals surface area contributed by atoms with E-state index in [1.54, 1.807) is 13.8 Å². The molecule has 0 aromatic rings. The zero-order valence-electron chi connectivity index (χ0n) is 11.0. The van der Waals surface area contributed by atoms with Crippen molar-refractivity contribution in [3.05, 3.63) is 0 Å². The molecule has 1 aliphatic heterocycles. The lowest BCUT2D eigenvalue weighted by atomic mass is 10.0. The third-order valence-electron chi connectivity index (χ3n) is 2.71. The van der Waals surface area contributed by atoms with Crippen LogP contribution in [0.2, 0.25) is 0 Å². The molecule has 1 rings (SSSR count). The number of rotatable bonds is 6. The van der Waals surface area contributed by atoms with Crippen molar-refractivity contribution in [2.45, 2.75) is 45.2 Å². The highest BCUT2D eigenvalue weighted by Gasteiger charge is 2.20. The second-order valence-electron chi connectivity index (χ2n) is 4.88. The van der Waals surface area contributed by atoms with E-state index in [0.29, 0.717) is 0 Å². The minimum absolute atomic E-state index is 0.0797. The normalized spacial score (nSPS) is 20.9. The monoisotopic (exact) mass is 277 g/mol. The Morgan fingerprint density at radius 1 is 1.39 bits per heavy atom. The van der Waals surface area contributed by atoms with Gasteiger partial charge in [0.2, 0.25) is 15.9 Å². The molecule has 0 spiro atoms. The molecule has 1 unspecified atom stereocenters. The number of hydrogen-bond acceptors (Lipinski definition) is 4. The molecule has 3 N–H and O–H groups in total. The van der Waals surface area contributed by atoms with Crippen LogP contribution < -0.4 is 15.4 Å². The summed E-state index contributed by atoms with van der Waals surface area (Å²) in [5.74, 6) is -0.182. The number of nitrogens with one attached hydrogen (secondary N) is 3. The molecule has 0 aliphatic carbocycles. The molecule has 0 aromatic carbocycles. The Hall–Kier alpha value is -0.660. The molecule has 0 bridgehead atoms. The van der Waals surface area contributed by atoms with Crippen LogP contribution in [0, 0.1) is 0 Å². The standard InChI is InChI=1S/C11H23N3O3S/c1-9(2)14-18(16,17)8-7-13-11(15)10-5-3-4-6-12-10/h9-10,12,14H,3-8H2,1-2H3,(H,13,15). The van der Waals surface area contributed by atoms with E-state index in [-0.39, 0.29) is 30.3 Å². The summed E-state index contributed by atoms with van der Waals surface area (Å²) >= 11 is 0. The van der Waals surface area contributed by atoms with Crippen LogP contribution in [0.15, 0.2) is 0 Å². The second kappa shape index (κ2) is 7.06. The van der Waals surface area contributed by atoms with E-state index in [9.17, 15) is 13.2 Å². The Morgan fingerprint density at radius 2 is 2.11 bits per heavy atom. The molecule has 1 saturated heterocycles. The van der Waals surface area contributed by atoms with Gasteiger partial charge in [0.15, 0.2) is 0 Å². The minimum Gasteiger partial charge on any atom is -0.354 e. The molecular weight excluding hydrogens is 254 g/mol. The van der Waals surface area contributed by atoms with Gasteiger partial charge in [0.25, 0.3) is 0 Å². The third-order valence-corrected chi connectivity index (χ3v) is 4.28. The van der Waals surface area contributed by atoms with Gasteiger partial charge in [0.05, 0.1) is 11.8 Å². The van der Waals surface area contributed by atoms with Gasteiger partial charge in [-0.2, -0.15) is 0 Å². The van der Waals surface area contributed by atoms with Gasteiger partial charge >= 0.3 is 0 Å². The first kappa shape index (κ1) is 15.4. The summed E-state index contributed by atoms with van der Waals surface area (Å²) in [4.78, 5) is 11.7. The van der Waals surface area contributed by atoms with Crippen molar-refractivity contribution >= 4 is 15.9 Å². The van der Waals surface area contributed by atoms with Gasteiger partial charge in [-0.1, -0.05) is 6.42 Å². The van der Waals surface area contributed by atoms with E-state index in [1.807, 2.05) is 0 Å². The van der Waals surface area contributed by atoms with Gasteiger partial charge in [-0.05, 0) is 33.2 Å². The largest absolute Gasteiger partial charge is 0.354 e. The molecule has 7 heteroatoms. The number of carbonyl (C=O) groups excluding carboxylic acids is 1. The number of piperidine rings is 1. The molecule has 1 heterocycles. The first-order chi connectivity index (χ1) is 8.41. The zero-order valence-corrected chi connectivity index (χ0v) is 11.8. The van der Waals surface area contributed by atoms with Crippen molar-refractivity contribution < 1.29 is 13.2 Å². The first-order valence-electron chi connectivity index (χ1n) is 6.42. The van der Waals surface area contributed by atoms with Gasteiger partial charge < -0.3 is 10.6 Å². The highest BCUT2D eigenvalue weighted by atomic mass is 32.2. The van der Waals surface area contributed by atoms with Crippen LogP contribution in [-0.2, 0) is 14.8 Å². The average Bonchev–Trinajstić information content (AvgIpc) is 2.28. The number of sulfonamides is 1. The maximum Gasteiger partial charge on any atom is 0.237 e. The van der Waals surface area contributed by atoms with E-state index in [2.05, 4.69) is 15.4 Å². The lowest BCUT2D eigenvalue weighted by molar-refractivity contribution is -0.123.